The number of H-pyrrole nitrogens is 1. The van der Waals surface area contributed by atoms with Crippen LogP contribution < -0.4 is 0 Å². The van der Waals surface area contributed by atoms with Crippen molar-refractivity contribution in [1.29, 1.82) is 0 Å². The molecule has 1 aliphatic carbocycles. The molecule has 1 amide bonds. The summed E-state index contributed by atoms with van der Waals surface area (Å²) in [4.78, 5) is 25.8. The van der Waals surface area contributed by atoms with Crippen molar-refractivity contribution in [2.45, 2.75) is 59.0 Å². The highest BCUT2D eigenvalue weighted by molar-refractivity contribution is 5.96. The average Bonchev–Trinajstić information content (AvgIpc) is 3.23. The van der Waals surface area contributed by atoms with Crippen molar-refractivity contribution >= 4 is 11.7 Å². The lowest BCUT2D eigenvalue weighted by Crippen LogP contribution is -2.27. The van der Waals surface area contributed by atoms with Crippen molar-refractivity contribution in [3.63, 3.8) is 0 Å². The van der Waals surface area contributed by atoms with Gasteiger partial charge in [0, 0.05) is 31.6 Å². The fourth-order valence-corrected chi connectivity index (χ4v) is 3.21. The van der Waals surface area contributed by atoms with Gasteiger partial charge in [-0.3, -0.25) is 19.4 Å². The molecule has 0 aromatic carbocycles. The molecule has 0 aliphatic heterocycles. The van der Waals surface area contributed by atoms with E-state index in [4.69, 9.17) is 0 Å². The molecule has 7 nitrogen and oxygen atoms in total. The number of carbonyl (C=O) groups is 2. The van der Waals surface area contributed by atoms with Crippen LogP contribution in [0.15, 0.2) is 6.07 Å². The zero-order valence-electron chi connectivity index (χ0n) is 15.3. The van der Waals surface area contributed by atoms with Gasteiger partial charge >= 0.3 is 0 Å². The van der Waals surface area contributed by atoms with Crippen molar-refractivity contribution in [2.75, 3.05) is 7.05 Å². The minimum absolute atomic E-state index is 0.00964. The summed E-state index contributed by atoms with van der Waals surface area (Å²) >= 11 is 0. The number of aryl methyl sites for hydroxylation is 2. The van der Waals surface area contributed by atoms with E-state index in [0.29, 0.717) is 31.0 Å². The number of hydrogen-bond acceptors (Lipinski definition) is 4. The van der Waals surface area contributed by atoms with Gasteiger partial charge in [0.1, 0.15) is 0 Å². The Morgan fingerprint density at radius 1 is 1.36 bits per heavy atom. The van der Waals surface area contributed by atoms with Crippen LogP contribution in [0, 0.1) is 13.8 Å². The molecule has 7 heteroatoms. The van der Waals surface area contributed by atoms with E-state index < -0.39 is 0 Å². The number of hydrogen-bond donors (Lipinski definition) is 1. The van der Waals surface area contributed by atoms with E-state index in [-0.39, 0.29) is 11.7 Å². The summed E-state index contributed by atoms with van der Waals surface area (Å²) in [5.41, 5.74) is 4.27. The summed E-state index contributed by atoms with van der Waals surface area (Å²) in [6, 6.07) is 2.06. The smallest absolute Gasteiger partial charge is 0.224 e. The summed E-state index contributed by atoms with van der Waals surface area (Å²) in [7, 11) is 1.79. The van der Waals surface area contributed by atoms with Crippen LogP contribution in [0.25, 0.3) is 0 Å². The summed E-state index contributed by atoms with van der Waals surface area (Å²) in [6.45, 7) is 6.23. The van der Waals surface area contributed by atoms with E-state index in [1.807, 2.05) is 13.8 Å². The minimum Gasteiger partial charge on any atom is -0.340 e. The molecule has 0 radical (unpaired) electrons. The van der Waals surface area contributed by atoms with Gasteiger partial charge in [0.15, 0.2) is 5.78 Å². The van der Waals surface area contributed by atoms with E-state index in [2.05, 4.69) is 21.4 Å². The lowest BCUT2D eigenvalue weighted by atomic mass is 10.1. The molecule has 2 aromatic rings. The third-order valence-electron chi connectivity index (χ3n) is 4.75. The molecule has 25 heavy (non-hydrogen) atoms. The fraction of sp³-hybridized carbons (Fsp3) is 0.556. The molecule has 0 atom stereocenters. The number of carbonyl (C=O) groups excluding carboxylic acids is 2. The first kappa shape index (κ1) is 17.4. The van der Waals surface area contributed by atoms with E-state index in [1.54, 1.807) is 23.6 Å². The molecule has 0 bridgehead atoms. The second kappa shape index (κ2) is 6.82. The van der Waals surface area contributed by atoms with Gasteiger partial charge in [0.25, 0.3) is 0 Å². The predicted molar refractivity (Wildman–Crippen MR) is 93.4 cm³/mol. The van der Waals surface area contributed by atoms with Gasteiger partial charge in [-0.1, -0.05) is 0 Å². The van der Waals surface area contributed by atoms with Crippen molar-refractivity contribution in [1.82, 2.24) is 24.9 Å². The van der Waals surface area contributed by atoms with Gasteiger partial charge in [0.2, 0.25) is 5.91 Å². The maximum atomic E-state index is 12.4. The largest absolute Gasteiger partial charge is 0.340 e. The Kier molecular flexibility index (Phi) is 4.74. The first-order valence-corrected chi connectivity index (χ1v) is 8.70. The van der Waals surface area contributed by atoms with E-state index in [0.717, 1.165) is 22.8 Å². The van der Waals surface area contributed by atoms with Crippen LogP contribution >= 0.6 is 0 Å². The predicted octanol–water partition coefficient (Wildman–Crippen LogP) is 2.35. The summed E-state index contributed by atoms with van der Waals surface area (Å²) in [6.07, 6.45) is 2.77. The highest BCUT2D eigenvalue weighted by Gasteiger charge is 2.26. The molecule has 1 fully saturated rings. The SMILES string of the molecule is CC(=O)c1c(C)nn(CCC(=O)N(C)Cc2cc(C3CC3)n[nH]2)c1C. The second-order valence-corrected chi connectivity index (χ2v) is 6.92. The van der Waals surface area contributed by atoms with Crippen LogP contribution in [0.5, 0.6) is 0 Å². The maximum Gasteiger partial charge on any atom is 0.224 e. The van der Waals surface area contributed by atoms with Crippen LogP contribution in [0.2, 0.25) is 0 Å². The molecule has 134 valence electrons. The van der Waals surface area contributed by atoms with Gasteiger partial charge in [-0.2, -0.15) is 10.2 Å². The van der Waals surface area contributed by atoms with Crippen LogP contribution in [0.1, 0.15) is 65.2 Å². The van der Waals surface area contributed by atoms with E-state index >= 15 is 0 Å². The normalized spacial score (nSPS) is 13.9. The highest BCUT2D eigenvalue weighted by Crippen LogP contribution is 2.39. The zero-order valence-corrected chi connectivity index (χ0v) is 15.3. The number of rotatable bonds is 7. The quantitative estimate of drug-likeness (QED) is 0.782. The zero-order chi connectivity index (χ0) is 18.1. The molecule has 2 heterocycles. The van der Waals surface area contributed by atoms with Gasteiger partial charge < -0.3 is 4.90 Å². The van der Waals surface area contributed by atoms with Crippen molar-refractivity contribution in [3.8, 4) is 0 Å². The molecule has 0 unspecified atom stereocenters. The Bertz CT molecular complexity index is 800. The molecule has 2 aromatic heterocycles. The topological polar surface area (TPSA) is 83.9 Å². The number of ketones is 1. The van der Waals surface area contributed by atoms with Crippen molar-refractivity contribution < 1.29 is 9.59 Å². The molecule has 1 aliphatic rings. The molecule has 3 rings (SSSR count). The first-order valence-electron chi connectivity index (χ1n) is 8.70. The Balaban J connectivity index is 1.56. The number of amides is 1. The average molecular weight is 343 g/mol. The number of nitrogens with one attached hydrogen (secondary N) is 1. The highest BCUT2D eigenvalue weighted by atomic mass is 16.2. The fourth-order valence-electron chi connectivity index (χ4n) is 3.21. The van der Waals surface area contributed by atoms with Gasteiger partial charge in [0.05, 0.1) is 29.2 Å². The summed E-state index contributed by atoms with van der Waals surface area (Å²) in [5, 5.41) is 11.7. The lowest BCUT2D eigenvalue weighted by molar-refractivity contribution is -0.130. The Hall–Kier alpha value is -2.44. The summed E-state index contributed by atoms with van der Waals surface area (Å²) < 4.78 is 1.75. The molecular weight excluding hydrogens is 318 g/mol. The van der Waals surface area contributed by atoms with Crippen molar-refractivity contribution in [2.24, 2.45) is 0 Å². The van der Waals surface area contributed by atoms with Crippen LogP contribution in [0.3, 0.4) is 0 Å². The third kappa shape index (κ3) is 3.81. The molecule has 0 saturated heterocycles. The number of aromatic nitrogens is 4. The van der Waals surface area contributed by atoms with E-state index in [1.165, 1.54) is 12.8 Å². The minimum atomic E-state index is 0.00964. The molecule has 1 N–H and O–H groups in total. The molecule has 0 spiro atoms. The Morgan fingerprint density at radius 3 is 2.68 bits per heavy atom. The molecule has 1 saturated carbocycles. The Morgan fingerprint density at radius 2 is 2.08 bits per heavy atom. The first-order chi connectivity index (χ1) is 11.9. The standard InChI is InChI=1S/C18H25N5O2/c1-11-18(13(3)24)12(2)23(21-11)8-7-17(25)22(4)10-15-9-16(20-19-15)14-5-6-14/h9,14H,5-8,10H2,1-4H3,(H,19,20). The molecular formula is C18H25N5O2. The Labute approximate surface area is 147 Å². The maximum absolute atomic E-state index is 12.4. The number of aromatic amines is 1. The third-order valence-corrected chi connectivity index (χ3v) is 4.75. The van der Waals surface area contributed by atoms with Crippen LogP contribution in [-0.2, 0) is 17.9 Å². The number of nitrogens with zero attached hydrogens (tertiary/aromatic N) is 4. The van der Waals surface area contributed by atoms with Gasteiger partial charge in [-0.05, 0) is 39.7 Å². The lowest BCUT2D eigenvalue weighted by Gasteiger charge is -2.16. The van der Waals surface area contributed by atoms with E-state index in [9.17, 15) is 9.59 Å². The van der Waals surface area contributed by atoms with Gasteiger partial charge in [-0.25, -0.2) is 0 Å². The van der Waals surface area contributed by atoms with Crippen LogP contribution in [-0.4, -0.2) is 43.6 Å². The van der Waals surface area contributed by atoms with Crippen molar-refractivity contribution in [3.05, 3.63) is 34.4 Å². The van der Waals surface area contributed by atoms with Gasteiger partial charge in [-0.15, -0.1) is 0 Å². The number of Topliss-reactive ketones (excluding diaryl/α,β-unsaturated/α-hetero) is 1. The second-order valence-electron chi connectivity index (χ2n) is 6.92. The monoisotopic (exact) mass is 343 g/mol. The van der Waals surface area contributed by atoms with Crippen LogP contribution in [0.4, 0.5) is 0 Å². The summed E-state index contributed by atoms with van der Waals surface area (Å²) in [5.74, 6) is 0.655.